The number of carbonyl (C=O) groups excluding carboxylic acids is 1. The third kappa shape index (κ3) is 3.95. The van der Waals surface area contributed by atoms with E-state index < -0.39 is 0 Å². The van der Waals surface area contributed by atoms with E-state index in [0.717, 1.165) is 29.1 Å². The predicted molar refractivity (Wildman–Crippen MR) is 92.4 cm³/mol. The molecule has 126 valence electrons. The molecule has 0 radical (unpaired) electrons. The molecule has 2 amide bonds. The van der Waals surface area contributed by atoms with Crippen LogP contribution in [0.1, 0.15) is 25.4 Å². The second kappa shape index (κ2) is 7.21. The molecule has 2 heterocycles. The fourth-order valence-corrected chi connectivity index (χ4v) is 2.58. The first kappa shape index (κ1) is 16.1. The zero-order valence-electron chi connectivity index (χ0n) is 14.0. The highest BCUT2D eigenvalue weighted by Gasteiger charge is 2.08. The predicted octanol–water partition coefficient (Wildman–Crippen LogP) is 3.28. The van der Waals surface area contributed by atoms with E-state index >= 15 is 0 Å². The molecule has 0 aliphatic rings. The minimum atomic E-state index is -0.241. The van der Waals surface area contributed by atoms with Crippen LogP contribution in [0.4, 0.5) is 4.79 Å². The van der Waals surface area contributed by atoms with Crippen molar-refractivity contribution in [2.24, 2.45) is 5.92 Å². The highest BCUT2D eigenvalue weighted by Crippen LogP contribution is 2.18. The van der Waals surface area contributed by atoms with Crippen molar-refractivity contribution in [1.82, 2.24) is 20.2 Å². The lowest BCUT2D eigenvalue weighted by Crippen LogP contribution is -2.35. The first-order valence-electron chi connectivity index (χ1n) is 8.11. The van der Waals surface area contributed by atoms with Gasteiger partial charge in [-0.15, -0.1) is 0 Å². The summed E-state index contributed by atoms with van der Waals surface area (Å²) in [5, 5.41) is 6.66. The Morgan fingerprint density at radius 3 is 2.83 bits per heavy atom. The molecule has 0 saturated heterocycles. The van der Waals surface area contributed by atoms with Gasteiger partial charge in [-0.25, -0.2) is 9.78 Å². The summed E-state index contributed by atoms with van der Waals surface area (Å²) in [5.74, 6) is 2.11. The average Bonchev–Trinajstić information content (AvgIpc) is 3.16. The summed E-state index contributed by atoms with van der Waals surface area (Å²) in [6, 6.07) is 9.47. The van der Waals surface area contributed by atoms with Crippen LogP contribution in [0, 0.1) is 5.92 Å². The van der Waals surface area contributed by atoms with E-state index in [4.69, 9.17) is 4.42 Å². The Morgan fingerprint density at radius 2 is 2.04 bits per heavy atom. The van der Waals surface area contributed by atoms with Crippen molar-refractivity contribution in [2.75, 3.05) is 0 Å². The van der Waals surface area contributed by atoms with Crippen molar-refractivity contribution in [2.45, 2.75) is 33.5 Å². The van der Waals surface area contributed by atoms with Crippen LogP contribution in [0.15, 0.2) is 47.1 Å². The number of urea groups is 1. The van der Waals surface area contributed by atoms with E-state index in [9.17, 15) is 4.79 Å². The van der Waals surface area contributed by atoms with Gasteiger partial charge in [-0.1, -0.05) is 32.0 Å². The second-order valence-corrected chi connectivity index (χ2v) is 6.18. The van der Waals surface area contributed by atoms with Crippen LogP contribution >= 0.6 is 0 Å². The standard InChI is InChI=1S/C18H22N4O2/c1-13(2)12-22-8-7-19-17(22)11-21-18(23)20-10-15-9-14-5-3-4-6-16(14)24-15/h3-9,13H,10-12H2,1-2H3,(H2,20,21,23). The zero-order chi connectivity index (χ0) is 16.9. The molecule has 2 N–H and O–H groups in total. The third-order valence-electron chi connectivity index (χ3n) is 3.67. The van der Waals surface area contributed by atoms with Crippen LogP contribution in [0.2, 0.25) is 0 Å². The molecule has 6 nitrogen and oxygen atoms in total. The number of imidazole rings is 1. The van der Waals surface area contributed by atoms with E-state index in [0.29, 0.717) is 19.0 Å². The van der Waals surface area contributed by atoms with Gasteiger partial charge in [0.25, 0.3) is 0 Å². The number of benzene rings is 1. The molecule has 1 aromatic carbocycles. The first-order valence-corrected chi connectivity index (χ1v) is 8.11. The number of amides is 2. The molecular formula is C18H22N4O2. The third-order valence-corrected chi connectivity index (χ3v) is 3.67. The number of fused-ring (bicyclic) bond motifs is 1. The smallest absolute Gasteiger partial charge is 0.315 e. The molecule has 0 aliphatic heterocycles. The fourth-order valence-electron chi connectivity index (χ4n) is 2.58. The lowest BCUT2D eigenvalue weighted by molar-refractivity contribution is 0.239. The lowest BCUT2D eigenvalue weighted by Gasteiger charge is -2.11. The summed E-state index contributed by atoms with van der Waals surface area (Å²) in [7, 11) is 0. The number of rotatable bonds is 6. The monoisotopic (exact) mass is 326 g/mol. The second-order valence-electron chi connectivity index (χ2n) is 6.18. The Hall–Kier alpha value is -2.76. The molecule has 0 saturated carbocycles. The number of hydrogen-bond acceptors (Lipinski definition) is 3. The topological polar surface area (TPSA) is 72.1 Å². The molecule has 3 aromatic rings. The van der Waals surface area contributed by atoms with E-state index in [1.807, 2.05) is 36.5 Å². The molecule has 3 rings (SSSR count). The Balaban J connectivity index is 1.50. The van der Waals surface area contributed by atoms with Gasteiger partial charge in [0.2, 0.25) is 0 Å². The fraction of sp³-hybridized carbons (Fsp3) is 0.333. The van der Waals surface area contributed by atoms with Crippen LogP contribution in [0.5, 0.6) is 0 Å². The van der Waals surface area contributed by atoms with Crippen LogP contribution < -0.4 is 10.6 Å². The van der Waals surface area contributed by atoms with Gasteiger partial charge in [-0.05, 0) is 18.1 Å². The molecule has 0 bridgehead atoms. The minimum absolute atomic E-state index is 0.241. The summed E-state index contributed by atoms with van der Waals surface area (Å²) in [5.41, 5.74) is 0.824. The van der Waals surface area contributed by atoms with Crippen molar-refractivity contribution in [3.8, 4) is 0 Å². The minimum Gasteiger partial charge on any atom is -0.459 e. The molecule has 24 heavy (non-hydrogen) atoms. The summed E-state index contributed by atoms with van der Waals surface area (Å²) >= 11 is 0. The Labute approximate surface area is 140 Å². The maximum absolute atomic E-state index is 12.0. The summed E-state index contributed by atoms with van der Waals surface area (Å²) in [6.07, 6.45) is 3.69. The van der Waals surface area contributed by atoms with Gasteiger partial charge in [0.1, 0.15) is 17.2 Å². The zero-order valence-corrected chi connectivity index (χ0v) is 14.0. The molecule has 6 heteroatoms. The summed E-state index contributed by atoms with van der Waals surface area (Å²) in [6.45, 7) is 5.93. The van der Waals surface area contributed by atoms with Crippen LogP contribution in [-0.2, 0) is 19.6 Å². The van der Waals surface area contributed by atoms with E-state index in [1.54, 1.807) is 6.20 Å². The van der Waals surface area contributed by atoms with Crippen molar-refractivity contribution < 1.29 is 9.21 Å². The van der Waals surface area contributed by atoms with Crippen molar-refractivity contribution in [1.29, 1.82) is 0 Å². The number of para-hydroxylation sites is 1. The normalized spacial score (nSPS) is 11.1. The molecule has 2 aromatic heterocycles. The number of nitrogens with zero attached hydrogens (tertiary/aromatic N) is 2. The first-order chi connectivity index (χ1) is 11.6. The van der Waals surface area contributed by atoms with Crippen LogP contribution in [0.25, 0.3) is 11.0 Å². The molecule has 0 atom stereocenters. The van der Waals surface area contributed by atoms with Crippen molar-refractivity contribution in [3.63, 3.8) is 0 Å². The highest BCUT2D eigenvalue weighted by molar-refractivity contribution is 5.78. The van der Waals surface area contributed by atoms with Gasteiger partial charge in [0.05, 0.1) is 13.1 Å². The molecule has 0 aliphatic carbocycles. The summed E-state index contributed by atoms with van der Waals surface area (Å²) in [4.78, 5) is 16.2. The number of furan rings is 1. The van der Waals surface area contributed by atoms with Gasteiger partial charge < -0.3 is 19.6 Å². The molecule has 0 spiro atoms. The average molecular weight is 326 g/mol. The van der Waals surface area contributed by atoms with Crippen LogP contribution in [-0.4, -0.2) is 15.6 Å². The van der Waals surface area contributed by atoms with Gasteiger partial charge >= 0.3 is 6.03 Å². The van der Waals surface area contributed by atoms with Gasteiger partial charge in [-0.2, -0.15) is 0 Å². The number of nitrogens with one attached hydrogen (secondary N) is 2. The van der Waals surface area contributed by atoms with Crippen molar-refractivity contribution in [3.05, 3.63) is 54.3 Å². The van der Waals surface area contributed by atoms with Gasteiger partial charge in [-0.3, -0.25) is 0 Å². The quantitative estimate of drug-likeness (QED) is 0.730. The Kier molecular flexibility index (Phi) is 4.84. The SMILES string of the molecule is CC(C)Cn1ccnc1CNC(=O)NCc1cc2ccccc2o1. The molecular weight excluding hydrogens is 304 g/mol. The highest BCUT2D eigenvalue weighted by atomic mass is 16.3. The van der Waals surface area contributed by atoms with Gasteiger partial charge in [0, 0.05) is 24.3 Å². The molecule has 0 fully saturated rings. The van der Waals surface area contributed by atoms with E-state index in [1.165, 1.54) is 0 Å². The van der Waals surface area contributed by atoms with Gasteiger partial charge in [0.15, 0.2) is 0 Å². The maximum atomic E-state index is 12.0. The van der Waals surface area contributed by atoms with E-state index in [-0.39, 0.29) is 6.03 Å². The van der Waals surface area contributed by atoms with E-state index in [2.05, 4.69) is 34.0 Å². The number of carbonyl (C=O) groups is 1. The maximum Gasteiger partial charge on any atom is 0.315 e. The van der Waals surface area contributed by atoms with Crippen LogP contribution in [0.3, 0.4) is 0 Å². The number of hydrogen-bond donors (Lipinski definition) is 2. The largest absolute Gasteiger partial charge is 0.459 e. The lowest BCUT2D eigenvalue weighted by atomic mass is 10.2. The number of aromatic nitrogens is 2. The Bertz CT molecular complexity index is 786. The summed E-state index contributed by atoms with van der Waals surface area (Å²) < 4.78 is 7.73. The van der Waals surface area contributed by atoms with Crippen molar-refractivity contribution >= 4 is 17.0 Å². The Morgan fingerprint density at radius 1 is 1.25 bits per heavy atom. The molecule has 0 unspecified atom stereocenters.